The molecule has 4 rings (SSSR count). The fourth-order valence-electron chi connectivity index (χ4n) is 3.84. The summed E-state index contributed by atoms with van der Waals surface area (Å²) < 4.78 is 0. The molecule has 154 valence electrons. The fraction of sp³-hybridized carbons (Fsp3) is 0.292. The minimum Gasteiger partial charge on any atom is -0.339 e. The van der Waals surface area contributed by atoms with Crippen LogP contribution < -0.4 is 10.2 Å². The van der Waals surface area contributed by atoms with Crippen LogP contribution in [0.4, 0.5) is 11.4 Å². The van der Waals surface area contributed by atoms with Crippen LogP contribution >= 0.6 is 0 Å². The zero-order valence-electron chi connectivity index (χ0n) is 16.8. The molecule has 0 aromatic heterocycles. The summed E-state index contributed by atoms with van der Waals surface area (Å²) in [6, 6.07) is 14.6. The zero-order valence-corrected chi connectivity index (χ0v) is 16.8. The number of amides is 3. The number of nitrogens with zero attached hydrogens (tertiary/aromatic N) is 2. The van der Waals surface area contributed by atoms with Gasteiger partial charge in [-0.15, -0.1) is 0 Å². The lowest BCUT2D eigenvalue weighted by Crippen LogP contribution is -2.27. The Bertz CT molecular complexity index is 958. The molecule has 6 heteroatoms. The lowest BCUT2D eigenvalue weighted by Gasteiger charge is -2.15. The van der Waals surface area contributed by atoms with E-state index in [-0.39, 0.29) is 17.7 Å². The molecule has 6 nitrogen and oxygen atoms in total. The summed E-state index contributed by atoms with van der Waals surface area (Å²) in [5.74, 6) is -0.0393. The molecule has 1 N–H and O–H groups in total. The van der Waals surface area contributed by atoms with Crippen LogP contribution in [0.3, 0.4) is 0 Å². The van der Waals surface area contributed by atoms with Crippen LogP contribution in [0.15, 0.2) is 54.6 Å². The third-order valence-electron chi connectivity index (χ3n) is 5.50. The molecule has 0 saturated carbocycles. The molecule has 2 saturated heterocycles. The molecule has 0 aliphatic carbocycles. The summed E-state index contributed by atoms with van der Waals surface area (Å²) in [6.07, 6.45) is 6.83. The zero-order chi connectivity index (χ0) is 20.9. The molecule has 0 unspecified atom stereocenters. The fourth-order valence-corrected chi connectivity index (χ4v) is 3.84. The van der Waals surface area contributed by atoms with Crippen molar-refractivity contribution >= 4 is 35.2 Å². The van der Waals surface area contributed by atoms with Gasteiger partial charge in [0, 0.05) is 49.1 Å². The molecule has 0 bridgehead atoms. The monoisotopic (exact) mass is 403 g/mol. The second kappa shape index (κ2) is 8.95. The molecular weight excluding hydrogens is 378 g/mol. The second-order valence-electron chi connectivity index (χ2n) is 7.64. The molecule has 0 spiro atoms. The Kier molecular flexibility index (Phi) is 5.93. The van der Waals surface area contributed by atoms with E-state index in [1.165, 1.54) is 6.08 Å². The van der Waals surface area contributed by atoms with Crippen molar-refractivity contribution in [2.75, 3.05) is 29.9 Å². The molecule has 2 heterocycles. The van der Waals surface area contributed by atoms with Gasteiger partial charge >= 0.3 is 0 Å². The van der Waals surface area contributed by atoms with Gasteiger partial charge in [-0.05, 0) is 67.3 Å². The molecule has 2 aliphatic heterocycles. The van der Waals surface area contributed by atoms with Gasteiger partial charge in [-0.25, -0.2) is 0 Å². The third kappa shape index (κ3) is 4.59. The molecule has 2 fully saturated rings. The van der Waals surface area contributed by atoms with E-state index in [2.05, 4.69) is 5.32 Å². The Morgan fingerprint density at radius 2 is 1.57 bits per heavy atom. The number of anilines is 2. The number of carbonyl (C=O) groups excluding carboxylic acids is 3. The Morgan fingerprint density at radius 1 is 0.867 bits per heavy atom. The predicted molar refractivity (Wildman–Crippen MR) is 117 cm³/mol. The maximum atomic E-state index is 12.4. The van der Waals surface area contributed by atoms with Gasteiger partial charge in [-0.3, -0.25) is 14.4 Å². The van der Waals surface area contributed by atoms with E-state index in [0.717, 1.165) is 50.1 Å². The lowest BCUT2D eigenvalue weighted by molar-refractivity contribution is -0.117. The van der Waals surface area contributed by atoms with Crippen molar-refractivity contribution in [1.29, 1.82) is 0 Å². The van der Waals surface area contributed by atoms with E-state index in [1.54, 1.807) is 35.2 Å². The van der Waals surface area contributed by atoms with Gasteiger partial charge in [-0.1, -0.05) is 12.1 Å². The van der Waals surface area contributed by atoms with E-state index < -0.39 is 0 Å². The quantitative estimate of drug-likeness (QED) is 0.774. The van der Waals surface area contributed by atoms with E-state index in [1.807, 2.05) is 29.2 Å². The molecule has 2 aromatic rings. The van der Waals surface area contributed by atoms with Crippen molar-refractivity contribution in [2.24, 2.45) is 0 Å². The Balaban J connectivity index is 1.32. The topological polar surface area (TPSA) is 69.7 Å². The van der Waals surface area contributed by atoms with Crippen LogP contribution in [0.1, 0.15) is 41.6 Å². The summed E-state index contributed by atoms with van der Waals surface area (Å²) in [7, 11) is 0. The highest BCUT2D eigenvalue weighted by molar-refractivity contribution is 6.02. The number of hydrogen-bond donors (Lipinski definition) is 1. The average Bonchev–Trinajstić information content (AvgIpc) is 3.45. The van der Waals surface area contributed by atoms with Crippen LogP contribution in [0.5, 0.6) is 0 Å². The number of nitrogens with one attached hydrogen (secondary N) is 1. The molecule has 2 aromatic carbocycles. The van der Waals surface area contributed by atoms with E-state index in [0.29, 0.717) is 17.7 Å². The van der Waals surface area contributed by atoms with Crippen LogP contribution in [-0.4, -0.2) is 42.3 Å². The largest absolute Gasteiger partial charge is 0.339 e. The lowest BCUT2D eigenvalue weighted by atomic mass is 10.1. The normalized spacial score (nSPS) is 16.5. The van der Waals surface area contributed by atoms with E-state index in [9.17, 15) is 14.4 Å². The minimum absolute atomic E-state index is 0.0457. The van der Waals surface area contributed by atoms with Gasteiger partial charge in [-0.2, -0.15) is 0 Å². The average molecular weight is 403 g/mol. The molecule has 0 radical (unpaired) electrons. The summed E-state index contributed by atoms with van der Waals surface area (Å²) in [5.41, 5.74) is 3.06. The summed E-state index contributed by atoms with van der Waals surface area (Å²) in [5, 5.41) is 2.81. The van der Waals surface area contributed by atoms with Gasteiger partial charge in [0.15, 0.2) is 0 Å². The van der Waals surface area contributed by atoms with E-state index >= 15 is 0 Å². The van der Waals surface area contributed by atoms with Gasteiger partial charge in [0.05, 0.1) is 0 Å². The highest BCUT2D eigenvalue weighted by Crippen LogP contribution is 2.22. The van der Waals surface area contributed by atoms with Crippen LogP contribution in [0.25, 0.3) is 6.08 Å². The van der Waals surface area contributed by atoms with Crippen molar-refractivity contribution < 1.29 is 14.4 Å². The summed E-state index contributed by atoms with van der Waals surface area (Å²) in [6.45, 7) is 2.40. The van der Waals surface area contributed by atoms with Gasteiger partial charge < -0.3 is 15.1 Å². The summed E-state index contributed by atoms with van der Waals surface area (Å²) >= 11 is 0. The Hall–Kier alpha value is -3.41. The van der Waals surface area contributed by atoms with Crippen molar-refractivity contribution in [3.63, 3.8) is 0 Å². The number of carbonyl (C=O) groups is 3. The van der Waals surface area contributed by atoms with Crippen molar-refractivity contribution in [3.05, 3.63) is 65.7 Å². The summed E-state index contributed by atoms with van der Waals surface area (Å²) in [4.78, 5) is 40.0. The van der Waals surface area contributed by atoms with E-state index in [4.69, 9.17) is 0 Å². The van der Waals surface area contributed by atoms with Crippen molar-refractivity contribution in [2.45, 2.75) is 25.7 Å². The van der Waals surface area contributed by atoms with Gasteiger partial charge in [0.2, 0.25) is 11.8 Å². The molecule has 2 aliphatic rings. The highest BCUT2D eigenvalue weighted by Gasteiger charge is 2.21. The SMILES string of the molecule is O=C(/C=C/c1ccc(N2CCCC2=O)cc1)Nc1ccc(C(=O)N2CCCC2)cc1. The minimum atomic E-state index is -0.243. The molecular formula is C24H25N3O3. The van der Waals surface area contributed by atoms with Crippen molar-refractivity contribution in [1.82, 2.24) is 4.90 Å². The Morgan fingerprint density at radius 3 is 2.20 bits per heavy atom. The maximum Gasteiger partial charge on any atom is 0.253 e. The van der Waals surface area contributed by atoms with Gasteiger partial charge in [0.25, 0.3) is 5.91 Å². The Labute approximate surface area is 176 Å². The second-order valence-corrected chi connectivity index (χ2v) is 7.64. The highest BCUT2D eigenvalue weighted by atomic mass is 16.2. The first-order chi connectivity index (χ1) is 14.6. The number of rotatable bonds is 5. The number of benzene rings is 2. The number of hydrogen-bond acceptors (Lipinski definition) is 3. The first-order valence-electron chi connectivity index (χ1n) is 10.4. The molecule has 3 amide bonds. The van der Waals surface area contributed by atoms with Gasteiger partial charge in [0.1, 0.15) is 0 Å². The third-order valence-corrected chi connectivity index (χ3v) is 5.50. The van der Waals surface area contributed by atoms with Crippen LogP contribution in [0, 0.1) is 0 Å². The first-order valence-corrected chi connectivity index (χ1v) is 10.4. The molecule has 30 heavy (non-hydrogen) atoms. The van der Waals surface area contributed by atoms with Crippen LogP contribution in [-0.2, 0) is 9.59 Å². The number of likely N-dealkylation sites (tertiary alicyclic amines) is 1. The van der Waals surface area contributed by atoms with Crippen molar-refractivity contribution in [3.8, 4) is 0 Å². The first kappa shape index (κ1) is 19.9. The standard InChI is InChI=1S/C24H25N3O3/c28-22(14-7-18-5-12-21(13-6-18)27-17-3-4-23(27)29)25-20-10-8-19(9-11-20)24(30)26-15-1-2-16-26/h5-14H,1-4,15-17H2,(H,25,28)/b14-7+. The maximum absolute atomic E-state index is 12.4. The smallest absolute Gasteiger partial charge is 0.253 e. The predicted octanol–water partition coefficient (Wildman–Crippen LogP) is 3.70. The molecule has 0 atom stereocenters. The van der Waals surface area contributed by atoms with Crippen LogP contribution in [0.2, 0.25) is 0 Å².